The van der Waals surface area contributed by atoms with Gasteiger partial charge in [-0.15, -0.1) is 0 Å². The molecule has 29 nitrogen and oxygen atoms in total. The molecular formula is C72H93N14O15+. The molecular weight excluding hydrogens is 1300 g/mol. The van der Waals surface area contributed by atoms with E-state index in [9.17, 15) is 69.0 Å². The van der Waals surface area contributed by atoms with E-state index in [4.69, 9.17) is 4.74 Å². The number of carbonyl (C=O) groups is 8. The Morgan fingerprint density at radius 3 is 1.06 bits per heavy atom. The summed E-state index contributed by atoms with van der Waals surface area (Å²) >= 11 is 0. The van der Waals surface area contributed by atoms with Crippen LogP contribution in [0.2, 0.25) is 0 Å². The second-order valence-corrected chi connectivity index (χ2v) is 24.4. The fraction of sp³-hybridized carbons (Fsp3) is 0.375. The van der Waals surface area contributed by atoms with Crippen LogP contribution in [0, 0.1) is 0 Å². The van der Waals surface area contributed by atoms with Crippen molar-refractivity contribution in [3.63, 3.8) is 0 Å². The number of nitrogens with one attached hydrogen (secondary N) is 8. The van der Waals surface area contributed by atoms with E-state index < -0.39 is 69.9 Å². The van der Waals surface area contributed by atoms with Gasteiger partial charge in [-0.25, -0.2) is 4.58 Å². The van der Waals surface area contributed by atoms with Gasteiger partial charge in [-0.1, -0.05) is 42.5 Å². The maximum absolute atomic E-state index is 13.7. The van der Waals surface area contributed by atoms with Gasteiger partial charge in [0.25, 0.3) is 17.7 Å². The van der Waals surface area contributed by atoms with Gasteiger partial charge < -0.3 is 82.8 Å². The van der Waals surface area contributed by atoms with Crippen molar-refractivity contribution >= 4 is 64.2 Å². The molecule has 1 heterocycles. The smallest absolute Gasteiger partial charge is 0.255 e. The number of aromatic hydroxyl groups is 6. The van der Waals surface area contributed by atoms with Crippen LogP contribution in [0.15, 0.2) is 133 Å². The molecule has 14 N–H and O–H groups in total. The summed E-state index contributed by atoms with van der Waals surface area (Å²) in [5.41, 5.74) is 5.95. The summed E-state index contributed by atoms with van der Waals surface area (Å²) < 4.78 is 8.12. The summed E-state index contributed by atoms with van der Waals surface area (Å²) in [6.45, 7) is 1.79. The minimum absolute atomic E-state index is 0.00101. The number of hydrogen-bond acceptors (Lipinski definition) is 20. The summed E-state index contributed by atoms with van der Waals surface area (Å²) in [5.74, 6) is -6.36. The largest absolute Gasteiger partial charge is 0.504 e. The Morgan fingerprint density at radius 2 is 0.733 bits per heavy atom. The first-order valence-corrected chi connectivity index (χ1v) is 33.3. The minimum atomic E-state index is -0.677. The maximum atomic E-state index is 13.7. The molecule has 29 heteroatoms. The van der Waals surface area contributed by atoms with E-state index >= 15 is 0 Å². The Balaban J connectivity index is 0.946. The second kappa shape index (κ2) is 39.5. The first-order chi connectivity index (χ1) is 48.5. The molecule has 0 saturated carbocycles. The number of nitrogens with zero attached hydrogens (tertiary/aromatic N) is 6. The number of phenolic OH excluding ortho intramolecular Hbond substituents is 6. The Kier molecular flexibility index (Phi) is 30.3. The van der Waals surface area contributed by atoms with Gasteiger partial charge in [0, 0.05) is 143 Å². The van der Waals surface area contributed by atoms with Crippen LogP contribution in [0.4, 0.5) is 5.69 Å². The highest BCUT2D eigenvalue weighted by Crippen LogP contribution is 2.33. The average Bonchev–Trinajstić information content (AvgIpc) is 0.807. The first kappa shape index (κ1) is 77.3. The van der Waals surface area contributed by atoms with E-state index in [-0.39, 0.29) is 166 Å². The van der Waals surface area contributed by atoms with Crippen molar-refractivity contribution in [2.45, 2.75) is 12.8 Å². The van der Waals surface area contributed by atoms with Gasteiger partial charge in [-0.05, 0) is 102 Å². The van der Waals surface area contributed by atoms with Crippen LogP contribution < -0.4 is 52.2 Å². The molecule has 7 rings (SSSR count). The number of phenols is 6. The Labute approximate surface area is 586 Å². The maximum Gasteiger partial charge on any atom is 0.255 e. The number of allylic oxidation sites excluding steroid dienone is 5. The lowest BCUT2D eigenvalue weighted by Crippen LogP contribution is -2.52. The molecule has 5 aromatic carbocycles. The quantitative estimate of drug-likeness (QED) is 0.0166. The predicted molar refractivity (Wildman–Crippen MR) is 380 cm³/mol. The Morgan fingerprint density at radius 1 is 0.416 bits per heavy atom. The molecule has 8 amide bonds. The van der Waals surface area contributed by atoms with E-state index in [0.29, 0.717) is 18.8 Å². The van der Waals surface area contributed by atoms with Crippen molar-refractivity contribution in [3.05, 3.63) is 161 Å². The molecule has 5 aromatic rings. The molecule has 101 heavy (non-hydrogen) atoms. The van der Waals surface area contributed by atoms with Crippen LogP contribution >= 0.6 is 0 Å². The van der Waals surface area contributed by atoms with Gasteiger partial charge in [-0.3, -0.25) is 58.0 Å². The zero-order valence-corrected chi connectivity index (χ0v) is 57.4. The molecule has 1 saturated heterocycles. The van der Waals surface area contributed by atoms with E-state index in [1.807, 2.05) is 72.1 Å². The molecule has 540 valence electrons. The third-order valence-electron chi connectivity index (χ3n) is 16.4. The van der Waals surface area contributed by atoms with Crippen molar-refractivity contribution in [1.29, 1.82) is 0 Å². The molecule has 2 aliphatic rings. The second-order valence-electron chi connectivity index (χ2n) is 24.4. The van der Waals surface area contributed by atoms with Crippen LogP contribution in [0.3, 0.4) is 0 Å². The zero-order valence-electron chi connectivity index (χ0n) is 57.4. The highest BCUT2D eigenvalue weighted by molar-refractivity contribution is 6.04. The van der Waals surface area contributed by atoms with Gasteiger partial charge in [0.2, 0.25) is 29.5 Å². The van der Waals surface area contributed by atoms with Crippen LogP contribution in [-0.4, -0.2) is 273 Å². The first-order valence-electron chi connectivity index (χ1n) is 33.3. The Hall–Kier alpha value is -11.0. The van der Waals surface area contributed by atoms with E-state index in [1.54, 1.807) is 0 Å². The number of rotatable bonds is 31. The van der Waals surface area contributed by atoms with Gasteiger partial charge in [0.1, 0.15) is 19.8 Å². The van der Waals surface area contributed by atoms with Crippen molar-refractivity contribution in [2.24, 2.45) is 0 Å². The van der Waals surface area contributed by atoms with Gasteiger partial charge in [0.15, 0.2) is 40.2 Å². The SMILES string of the molecule is CN(C)c1ccc(C(=C2C=CC(=[N+](C)C)C=C2)c2ccc(OCCCC(=O)NCCNC(=O)CN3CCN(CC(=O)NCCNC(=O)c4cccc(O)c4O)CCN(CC(=O)NCCNC(=O)c4cccc(O)c4O)CCN(CC(=O)NCCNC(=O)c4cccc(O)c4O)CC3)cc2)cc1. The number of para-hydroxylation sites is 3. The van der Waals surface area contributed by atoms with E-state index in [0.717, 1.165) is 33.7 Å². The molecule has 0 bridgehead atoms. The van der Waals surface area contributed by atoms with Crippen LogP contribution in [0.1, 0.15) is 55.0 Å². The van der Waals surface area contributed by atoms with Crippen molar-refractivity contribution in [3.8, 4) is 40.2 Å². The molecule has 0 radical (unpaired) electrons. The van der Waals surface area contributed by atoms with Crippen LogP contribution in [-0.2, 0) is 24.0 Å². The number of anilines is 1. The normalized spacial score (nSPS) is 13.9. The lowest BCUT2D eigenvalue weighted by molar-refractivity contribution is -0.462. The highest BCUT2D eigenvalue weighted by Gasteiger charge is 2.24. The fourth-order valence-electron chi connectivity index (χ4n) is 10.8. The zero-order chi connectivity index (χ0) is 72.8. The summed E-state index contributed by atoms with van der Waals surface area (Å²) in [4.78, 5) is 115. The monoisotopic (exact) mass is 1390 g/mol. The minimum Gasteiger partial charge on any atom is -0.504 e. The summed E-state index contributed by atoms with van der Waals surface area (Å²) in [5, 5.41) is 82.0. The third-order valence-corrected chi connectivity index (χ3v) is 16.4. The molecule has 0 aromatic heterocycles. The predicted octanol–water partition coefficient (Wildman–Crippen LogP) is 0.879. The third kappa shape index (κ3) is 25.0. The molecule has 1 aliphatic carbocycles. The van der Waals surface area contributed by atoms with Crippen molar-refractivity contribution in [1.82, 2.24) is 62.1 Å². The average molecular weight is 1390 g/mol. The van der Waals surface area contributed by atoms with Crippen LogP contribution in [0.25, 0.3) is 5.57 Å². The van der Waals surface area contributed by atoms with Gasteiger partial charge >= 0.3 is 0 Å². The van der Waals surface area contributed by atoms with Crippen LogP contribution in [0.5, 0.6) is 40.2 Å². The number of ether oxygens (including phenoxy) is 1. The fourth-order valence-corrected chi connectivity index (χ4v) is 10.8. The van der Waals surface area contributed by atoms with Gasteiger partial charge in [0.05, 0.1) is 49.5 Å². The number of hydrogen-bond donors (Lipinski definition) is 14. The Bertz CT molecular complexity index is 3700. The highest BCUT2D eigenvalue weighted by atomic mass is 16.5. The lowest BCUT2D eigenvalue weighted by Gasteiger charge is -2.33. The molecule has 0 atom stereocenters. The number of carbonyl (C=O) groups excluding carboxylic acids is 8. The van der Waals surface area contributed by atoms with Crippen molar-refractivity contribution in [2.75, 3.05) is 171 Å². The molecule has 1 fully saturated rings. The topological polar surface area (TPSA) is 383 Å². The molecule has 0 unspecified atom stereocenters. The molecule has 1 aliphatic heterocycles. The van der Waals surface area contributed by atoms with E-state index in [2.05, 4.69) is 101 Å². The lowest BCUT2D eigenvalue weighted by atomic mass is 9.90. The summed E-state index contributed by atoms with van der Waals surface area (Å²) in [7, 11) is 8.03. The molecule has 0 spiro atoms. The van der Waals surface area contributed by atoms with Gasteiger partial charge in [-0.2, -0.15) is 0 Å². The summed E-state index contributed by atoms with van der Waals surface area (Å²) in [6.07, 6.45) is 9.05. The number of amides is 8. The summed E-state index contributed by atoms with van der Waals surface area (Å²) in [6, 6.07) is 28.2. The van der Waals surface area contributed by atoms with Crippen molar-refractivity contribution < 1.29 is 78.3 Å². The number of benzene rings is 5. The standard InChI is InChI=1S/C72H92N14O15/c1-81(2)52-22-16-49(17-23-52)66(50-18-24-53(25-19-50)82(3)4)51-20-26-54(27-21-51)101-44-8-15-61(90)73-28-29-74-62(91)45-83-36-38-84(46-63(92)75-30-33-78-70(98)55-9-5-12-58(87)67(55)95)40-42-86(48-65(94)77-32-35-80-72(100)57-11-7-14-60(89)69(57)97)43-41-85(39-37-83)47-64(93)76-31-34-79-71(99)56-10-6-13-59(88)68(56)96/h5-7,9-14,16-27H,8,15,28-48H2,1-4H3,(H13-,73,74,75,76,77,78,79,80,87,88,89,90,91,92,93,94,95,96,97,98,99,100)/p+1. The van der Waals surface area contributed by atoms with E-state index in [1.165, 1.54) is 54.6 Å².